The fourth-order valence-electron chi connectivity index (χ4n) is 1.64. The Morgan fingerprint density at radius 1 is 1.19 bits per heavy atom. The van der Waals surface area contributed by atoms with Crippen molar-refractivity contribution >= 4 is 16.2 Å². The van der Waals surface area contributed by atoms with Crippen LogP contribution in [0.1, 0.15) is 19.4 Å². The number of carbonyl (C=O) groups is 1. The van der Waals surface area contributed by atoms with E-state index in [2.05, 4.69) is 4.72 Å². The van der Waals surface area contributed by atoms with Gasteiger partial charge in [-0.2, -0.15) is 17.9 Å². The van der Waals surface area contributed by atoms with Crippen LogP contribution in [0.25, 0.3) is 0 Å². The van der Waals surface area contributed by atoms with E-state index in [1.807, 2.05) is 4.72 Å². The van der Waals surface area contributed by atoms with Crippen molar-refractivity contribution < 1.29 is 28.5 Å². The third-order valence-electron chi connectivity index (χ3n) is 2.47. The first-order valence-corrected chi connectivity index (χ1v) is 7.62. The minimum atomic E-state index is -3.96. The van der Waals surface area contributed by atoms with Crippen molar-refractivity contribution in [1.29, 1.82) is 0 Å². The number of phenolic OH excluding ortho intramolecular Hbond substituents is 2. The molecule has 1 unspecified atom stereocenters. The Morgan fingerprint density at radius 3 is 2.29 bits per heavy atom. The maximum absolute atomic E-state index is 11.7. The first-order chi connectivity index (χ1) is 9.60. The van der Waals surface area contributed by atoms with E-state index in [-0.39, 0.29) is 18.2 Å². The summed E-state index contributed by atoms with van der Waals surface area (Å²) >= 11 is 0. The van der Waals surface area contributed by atoms with Gasteiger partial charge in [0.2, 0.25) is 0 Å². The molecule has 0 saturated heterocycles. The van der Waals surface area contributed by atoms with Crippen molar-refractivity contribution in [2.24, 2.45) is 0 Å². The summed E-state index contributed by atoms with van der Waals surface area (Å²) in [5.74, 6) is -2.09. The van der Waals surface area contributed by atoms with Crippen LogP contribution in [-0.4, -0.2) is 41.8 Å². The Hall–Kier alpha value is -1.84. The third kappa shape index (κ3) is 5.58. The molecule has 0 aliphatic rings. The van der Waals surface area contributed by atoms with E-state index in [4.69, 9.17) is 5.11 Å². The van der Waals surface area contributed by atoms with E-state index in [0.29, 0.717) is 5.56 Å². The van der Waals surface area contributed by atoms with Gasteiger partial charge in [-0.1, -0.05) is 6.07 Å². The van der Waals surface area contributed by atoms with Crippen LogP contribution in [0.2, 0.25) is 0 Å². The van der Waals surface area contributed by atoms with Crippen molar-refractivity contribution in [2.45, 2.75) is 32.4 Å². The molecule has 1 atom stereocenters. The number of hydrogen-bond donors (Lipinski definition) is 5. The molecule has 0 heterocycles. The van der Waals surface area contributed by atoms with Gasteiger partial charge in [-0.15, -0.1) is 0 Å². The van der Waals surface area contributed by atoms with E-state index in [1.165, 1.54) is 18.2 Å². The summed E-state index contributed by atoms with van der Waals surface area (Å²) in [6.07, 6.45) is -0.178. The van der Waals surface area contributed by atoms with E-state index in [1.54, 1.807) is 13.8 Å². The quantitative estimate of drug-likeness (QED) is 0.446. The number of aliphatic carboxylic acids is 1. The molecule has 9 heteroatoms. The number of carboxylic acids is 1. The fraction of sp³-hybridized carbons (Fsp3) is 0.417. The Bertz CT molecular complexity index is 614. The molecule has 0 bridgehead atoms. The monoisotopic (exact) mass is 318 g/mol. The normalized spacial score (nSPS) is 13.3. The van der Waals surface area contributed by atoms with Gasteiger partial charge in [0.25, 0.3) is 10.2 Å². The highest BCUT2D eigenvalue weighted by molar-refractivity contribution is 7.87. The van der Waals surface area contributed by atoms with Crippen LogP contribution in [0.15, 0.2) is 18.2 Å². The summed E-state index contributed by atoms with van der Waals surface area (Å²) in [4.78, 5) is 11.2. The van der Waals surface area contributed by atoms with Gasteiger partial charge >= 0.3 is 5.97 Å². The third-order valence-corrected chi connectivity index (χ3v) is 3.84. The molecule has 0 fully saturated rings. The van der Waals surface area contributed by atoms with E-state index >= 15 is 0 Å². The van der Waals surface area contributed by atoms with Crippen molar-refractivity contribution in [3.8, 4) is 11.5 Å². The topological polar surface area (TPSA) is 136 Å². The second-order valence-corrected chi connectivity index (χ2v) is 6.29. The molecule has 1 rings (SSSR count). The van der Waals surface area contributed by atoms with Gasteiger partial charge in [-0.3, -0.25) is 4.79 Å². The highest BCUT2D eigenvalue weighted by Gasteiger charge is 2.25. The van der Waals surface area contributed by atoms with E-state index < -0.39 is 28.0 Å². The number of hydrogen-bond acceptors (Lipinski definition) is 5. The summed E-state index contributed by atoms with van der Waals surface area (Å²) < 4.78 is 27.6. The first-order valence-electron chi connectivity index (χ1n) is 6.14. The molecule has 0 spiro atoms. The van der Waals surface area contributed by atoms with Crippen molar-refractivity contribution in [3.05, 3.63) is 23.8 Å². The fourth-order valence-corrected chi connectivity index (χ4v) is 2.89. The van der Waals surface area contributed by atoms with Crippen LogP contribution in [0.4, 0.5) is 0 Å². The summed E-state index contributed by atoms with van der Waals surface area (Å²) in [6.45, 7) is 3.21. The lowest BCUT2D eigenvalue weighted by Crippen LogP contribution is -2.49. The van der Waals surface area contributed by atoms with Crippen LogP contribution < -0.4 is 9.44 Å². The maximum Gasteiger partial charge on any atom is 0.322 e. The number of carboxylic acid groups (broad SMARTS) is 1. The largest absolute Gasteiger partial charge is 0.504 e. The van der Waals surface area contributed by atoms with Gasteiger partial charge in [0.05, 0.1) is 0 Å². The van der Waals surface area contributed by atoms with Crippen LogP contribution in [0.3, 0.4) is 0 Å². The second kappa shape index (κ2) is 6.74. The highest BCUT2D eigenvalue weighted by Crippen LogP contribution is 2.25. The maximum atomic E-state index is 11.7. The van der Waals surface area contributed by atoms with Crippen LogP contribution in [0.5, 0.6) is 11.5 Å². The summed E-state index contributed by atoms with van der Waals surface area (Å²) in [5.41, 5.74) is 0.366. The molecule has 0 aliphatic carbocycles. The van der Waals surface area contributed by atoms with Crippen LogP contribution >= 0.6 is 0 Å². The molecule has 0 aromatic heterocycles. The lowest BCUT2D eigenvalue weighted by atomic mass is 10.1. The van der Waals surface area contributed by atoms with Crippen molar-refractivity contribution in [2.75, 3.05) is 0 Å². The zero-order valence-electron chi connectivity index (χ0n) is 11.6. The molecule has 8 nitrogen and oxygen atoms in total. The van der Waals surface area contributed by atoms with Gasteiger partial charge in [-0.05, 0) is 38.0 Å². The molecule has 5 N–H and O–H groups in total. The summed E-state index contributed by atoms with van der Waals surface area (Å²) in [5, 5.41) is 27.6. The van der Waals surface area contributed by atoms with Gasteiger partial charge in [0, 0.05) is 6.04 Å². The van der Waals surface area contributed by atoms with Gasteiger partial charge in [0.15, 0.2) is 11.5 Å². The van der Waals surface area contributed by atoms with E-state index in [0.717, 1.165) is 0 Å². The van der Waals surface area contributed by atoms with Gasteiger partial charge < -0.3 is 15.3 Å². The summed E-state index contributed by atoms with van der Waals surface area (Å²) in [6, 6.07) is 1.99. The Labute approximate surface area is 122 Å². The van der Waals surface area contributed by atoms with Crippen molar-refractivity contribution in [1.82, 2.24) is 9.44 Å². The molecule has 0 saturated carbocycles. The highest BCUT2D eigenvalue weighted by atomic mass is 32.2. The number of rotatable bonds is 7. The zero-order valence-corrected chi connectivity index (χ0v) is 12.4. The SMILES string of the molecule is CC(C)NS(=O)(=O)NC(Cc1ccc(O)c(O)c1)C(=O)O. The second-order valence-electron chi connectivity index (χ2n) is 4.81. The Morgan fingerprint density at radius 2 is 1.81 bits per heavy atom. The predicted molar refractivity (Wildman–Crippen MR) is 75.2 cm³/mol. The van der Waals surface area contributed by atoms with Crippen molar-refractivity contribution in [3.63, 3.8) is 0 Å². The van der Waals surface area contributed by atoms with Crippen LogP contribution in [0, 0.1) is 0 Å². The Balaban J connectivity index is 2.88. The number of aromatic hydroxyl groups is 2. The molecular formula is C12H18N2O6S. The average molecular weight is 318 g/mol. The Kier molecular flexibility index (Phi) is 5.53. The molecular weight excluding hydrogens is 300 g/mol. The molecule has 118 valence electrons. The van der Waals surface area contributed by atoms with Crippen LogP contribution in [-0.2, 0) is 21.4 Å². The first kappa shape index (κ1) is 17.2. The van der Waals surface area contributed by atoms with E-state index in [9.17, 15) is 23.4 Å². The zero-order chi connectivity index (χ0) is 16.2. The lowest BCUT2D eigenvalue weighted by molar-refractivity contribution is -0.138. The standard InChI is InChI=1S/C12H18N2O6S/c1-7(2)13-21(19,20)14-9(12(17)18)5-8-3-4-10(15)11(16)6-8/h3-4,6-7,9,13-16H,5H2,1-2H3,(H,17,18). The smallest absolute Gasteiger partial charge is 0.322 e. The minimum absolute atomic E-state index is 0.178. The minimum Gasteiger partial charge on any atom is -0.504 e. The van der Waals surface area contributed by atoms with Gasteiger partial charge in [-0.25, -0.2) is 0 Å². The number of benzene rings is 1. The van der Waals surface area contributed by atoms with Gasteiger partial charge in [0.1, 0.15) is 6.04 Å². The molecule has 21 heavy (non-hydrogen) atoms. The molecule has 1 aromatic rings. The average Bonchev–Trinajstić information content (AvgIpc) is 2.30. The lowest BCUT2D eigenvalue weighted by Gasteiger charge is -2.17. The molecule has 0 amide bonds. The molecule has 0 aliphatic heterocycles. The molecule has 1 aromatic carbocycles. The number of nitrogens with one attached hydrogen (secondary N) is 2. The molecule has 0 radical (unpaired) electrons. The summed E-state index contributed by atoms with van der Waals surface area (Å²) in [7, 11) is -3.96. The number of phenols is 2. The predicted octanol–water partition coefficient (Wildman–Crippen LogP) is -0.0741.